The lowest BCUT2D eigenvalue weighted by Gasteiger charge is -2.13. The van der Waals surface area contributed by atoms with Gasteiger partial charge < -0.3 is 15.7 Å². The molecule has 1 atom stereocenters. The van der Waals surface area contributed by atoms with Gasteiger partial charge in [0.2, 0.25) is 5.82 Å². The number of fused-ring (bicyclic) bond motifs is 1. The Morgan fingerprint density at radius 2 is 2.21 bits per heavy atom. The predicted molar refractivity (Wildman–Crippen MR) is 90.4 cm³/mol. The largest absolute Gasteiger partial charge is 0.394 e. The minimum atomic E-state index is -0.497. The van der Waals surface area contributed by atoms with Gasteiger partial charge in [0.15, 0.2) is 0 Å². The van der Waals surface area contributed by atoms with Gasteiger partial charge in [0.1, 0.15) is 5.82 Å². The van der Waals surface area contributed by atoms with E-state index in [0.29, 0.717) is 11.5 Å². The molecule has 0 aliphatic carbocycles. The molecule has 24 heavy (non-hydrogen) atoms. The van der Waals surface area contributed by atoms with Gasteiger partial charge in [-0.25, -0.2) is 4.98 Å². The Kier molecular flexibility index (Phi) is 4.25. The maximum Gasteiger partial charge on any atom is 0.311 e. The molecule has 124 valence electrons. The van der Waals surface area contributed by atoms with Crippen LogP contribution in [0.1, 0.15) is 6.92 Å². The second-order valence-corrected chi connectivity index (χ2v) is 5.35. The zero-order valence-corrected chi connectivity index (χ0v) is 12.9. The number of nitrogens with zero attached hydrogens (tertiary/aromatic N) is 3. The molecular formula is C15H16N6O3. The van der Waals surface area contributed by atoms with Crippen LogP contribution in [0.4, 0.5) is 23.0 Å². The molecule has 0 radical (unpaired) electrons. The number of aliphatic hydroxyl groups excluding tert-OH is 1. The van der Waals surface area contributed by atoms with E-state index in [2.05, 4.69) is 25.8 Å². The highest BCUT2D eigenvalue weighted by Crippen LogP contribution is 2.28. The molecule has 9 heteroatoms. The summed E-state index contributed by atoms with van der Waals surface area (Å²) < 4.78 is 0. The van der Waals surface area contributed by atoms with E-state index in [1.165, 1.54) is 12.1 Å². The molecule has 2 heterocycles. The third kappa shape index (κ3) is 3.25. The number of hydrogen-bond donors (Lipinski definition) is 4. The first-order valence-corrected chi connectivity index (χ1v) is 7.30. The number of H-pyrrole nitrogens is 1. The summed E-state index contributed by atoms with van der Waals surface area (Å²) in [5.74, 6) is 0.557. The van der Waals surface area contributed by atoms with Gasteiger partial charge in [-0.2, -0.15) is 5.10 Å². The number of benzene rings is 1. The van der Waals surface area contributed by atoms with Gasteiger partial charge in [-0.05, 0) is 31.2 Å². The van der Waals surface area contributed by atoms with E-state index in [1.54, 1.807) is 25.3 Å². The van der Waals surface area contributed by atoms with Crippen LogP contribution in [0.25, 0.3) is 10.9 Å². The molecule has 9 nitrogen and oxygen atoms in total. The summed E-state index contributed by atoms with van der Waals surface area (Å²) in [5.41, 5.74) is 1.32. The van der Waals surface area contributed by atoms with Crippen molar-refractivity contribution in [2.24, 2.45) is 0 Å². The average Bonchev–Trinajstić information content (AvgIpc) is 3.02. The number of hydrogen-bond acceptors (Lipinski definition) is 7. The standard InChI is InChI=1S/C15H16N6O3/c1-9(8-22)17-14-5-4-13(21(23)24)15(19-14)18-11-3-2-10-7-16-20-12(10)6-11/h2-7,9,22H,8H2,1H3,(H,16,20)(H2,17,18,19)/t9-/m0/s1. The molecule has 0 unspecified atom stereocenters. The van der Waals surface area contributed by atoms with Gasteiger partial charge >= 0.3 is 5.69 Å². The van der Waals surface area contributed by atoms with Gasteiger partial charge in [0.25, 0.3) is 0 Å². The fourth-order valence-electron chi connectivity index (χ4n) is 2.22. The number of nitro groups is 1. The first-order chi connectivity index (χ1) is 11.6. The third-order valence-corrected chi connectivity index (χ3v) is 3.44. The molecule has 0 fully saturated rings. The number of aromatic nitrogens is 3. The summed E-state index contributed by atoms with van der Waals surface area (Å²) in [7, 11) is 0. The van der Waals surface area contributed by atoms with Gasteiger partial charge in [-0.15, -0.1) is 0 Å². The molecule has 1 aromatic carbocycles. The highest BCUT2D eigenvalue weighted by atomic mass is 16.6. The van der Waals surface area contributed by atoms with Crippen LogP contribution in [0.5, 0.6) is 0 Å². The van der Waals surface area contributed by atoms with Crippen molar-refractivity contribution in [1.82, 2.24) is 15.2 Å². The number of nitrogens with one attached hydrogen (secondary N) is 3. The number of anilines is 3. The molecule has 0 aliphatic rings. The monoisotopic (exact) mass is 328 g/mol. The van der Waals surface area contributed by atoms with Crippen LogP contribution in [-0.2, 0) is 0 Å². The van der Waals surface area contributed by atoms with Crippen LogP contribution >= 0.6 is 0 Å². The minimum Gasteiger partial charge on any atom is -0.394 e. The fourth-order valence-corrected chi connectivity index (χ4v) is 2.22. The van der Waals surface area contributed by atoms with Crippen molar-refractivity contribution in [3.8, 4) is 0 Å². The molecule has 0 aliphatic heterocycles. The zero-order chi connectivity index (χ0) is 17.1. The van der Waals surface area contributed by atoms with E-state index < -0.39 is 4.92 Å². The Morgan fingerprint density at radius 1 is 1.38 bits per heavy atom. The third-order valence-electron chi connectivity index (χ3n) is 3.44. The van der Waals surface area contributed by atoms with Crippen molar-refractivity contribution in [2.75, 3.05) is 17.2 Å². The number of pyridine rings is 1. The Hall–Kier alpha value is -3.20. The summed E-state index contributed by atoms with van der Waals surface area (Å²) in [6.07, 6.45) is 1.70. The summed E-state index contributed by atoms with van der Waals surface area (Å²) >= 11 is 0. The topological polar surface area (TPSA) is 129 Å². The average molecular weight is 328 g/mol. The predicted octanol–water partition coefficient (Wildman–Crippen LogP) is 2.40. The van der Waals surface area contributed by atoms with E-state index in [0.717, 1.165) is 10.9 Å². The SMILES string of the molecule is C[C@@H](CO)Nc1ccc([N+](=O)[O-])c(Nc2ccc3cn[nH]c3c2)n1. The van der Waals surface area contributed by atoms with Crippen LogP contribution in [-0.4, -0.2) is 37.9 Å². The number of rotatable bonds is 6. The Morgan fingerprint density at radius 3 is 2.96 bits per heavy atom. The Balaban J connectivity index is 1.93. The Bertz CT molecular complexity index is 879. The smallest absolute Gasteiger partial charge is 0.311 e. The van der Waals surface area contributed by atoms with Crippen LogP contribution in [0.2, 0.25) is 0 Å². The molecule has 0 saturated heterocycles. The normalized spacial score (nSPS) is 12.1. The van der Waals surface area contributed by atoms with Crippen molar-refractivity contribution < 1.29 is 10.0 Å². The lowest BCUT2D eigenvalue weighted by Crippen LogP contribution is -2.20. The maximum atomic E-state index is 11.2. The van der Waals surface area contributed by atoms with E-state index in [-0.39, 0.29) is 24.2 Å². The van der Waals surface area contributed by atoms with Crippen molar-refractivity contribution in [3.05, 3.63) is 46.6 Å². The second-order valence-electron chi connectivity index (χ2n) is 5.35. The van der Waals surface area contributed by atoms with Crippen LogP contribution in [0, 0.1) is 10.1 Å². The molecule has 3 rings (SSSR count). The van der Waals surface area contributed by atoms with Crippen molar-refractivity contribution in [3.63, 3.8) is 0 Å². The van der Waals surface area contributed by atoms with E-state index >= 15 is 0 Å². The van der Waals surface area contributed by atoms with Gasteiger partial charge in [-0.1, -0.05) is 0 Å². The van der Waals surface area contributed by atoms with Crippen LogP contribution in [0.15, 0.2) is 36.5 Å². The number of aliphatic hydroxyl groups is 1. The first-order valence-electron chi connectivity index (χ1n) is 7.30. The fraction of sp³-hybridized carbons (Fsp3) is 0.200. The van der Waals surface area contributed by atoms with Gasteiger partial charge in [-0.3, -0.25) is 15.2 Å². The lowest BCUT2D eigenvalue weighted by atomic mass is 10.2. The highest BCUT2D eigenvalue weighted by molar-refractivity contribution is 5.83. The maximum absolute atomic E-state index is 11.2. The zero-order valence-electron chi connectivity index (χ0n) is 12.9. The van der Waals surface area contributed by atoms with Crippen molar-refractivity contribution >= 4 is 33.9 Å². The van der Waals surface area contributed by atoms with Crippen molar-refractivity contribution in [2.45, 2.75) is 13.0 Å². The van der Waals surface area contributed by atoms with Crippen LogP contribution < -0.4 is 10.6 Å². The molecule has 0 spiro atoms. The quantitative estimate of drug-likeness (QED) is 0.404. The first kappa shape index (κ1) is 15.7. The van der Waals surface area contributed by atoms with E-state index in [4.69, 9.17) is 5.11 Å². The molecule has 2 aromatic heterocycles. The molecule has 0 amide bonds. The van der Waals surface area contributed by atoms with Crippen LogP contribution in [0.3, 0.4) is 0 Å². The summed E-state index contributed by atoms with van der Waals surface area (Å²) in [6, 6.07) is 8.10. The lowest BCUT2D eigenvalue weighted by molar-refractivity contribution is -0.384. The summed E-state index contributed by atoms with van der Waals surface area (Å²) in [4.78, 5) is 15.0. The molecular weight excluding hydrogens is 312 g/mol. The minimum absolute atomic E-state index is 0.0715. The van der Waals surface area contributed by atoms with E-state index in [1.807, 2.05) is 6.07 Å². The van der Waals surface area contributed by atoms with E-state index in [9.17, 15) is 10.1 Å². The highest BCUT2D eigenvalue weighted by Gasteiger charge is 2.17. The second kappa shape index (κ2) is 6.50. The molecule has 0 saturated carbocycles. The summed E-state index contributed by atoms with van der Waals surface area (Å²) in [6.45, 7) is 1.71. The Labute approximate surface area is 136 Å². The molecule has 4 N–H and O–H groups in total. The summed E-state index contributed by atoms with van der Waals surface area (Å²) in [5, 5.41) is 34.0. The molecule has 0 bridgehead atoms. The molecule has 3 aromatic rings. The number of aromatic amines is 1. The van der Waals surface area contributed by atoms with Gasteiger partial charge in [0, 0.05) is 23.2 Å². The van der Waals surface area contributed by atoms with Crippen molar-refractivity contribution in [1.29, 1.82) is 0 Å². The van der Waals surface area contributed by atoms with Gasteiger partial charge in [0.05, 0.1) is 23.2 Å².